The van der Waals surface area contributed by atoms with Gasteiger partial charge >= 0.3 is 0 Å². The van der Waals surface area contributed by atoms with Gasteiger partial charge in [-0.15, -0.1) is 0 Å². The molecule has 0 fully saturated rings. The molecular weight excluding hydrogens is 212 g/mol. The Hall–Kier alpha value is -0.130. The van der Waals surface area contributed by atoms with E-state index >= 15 is 0 Å². The van der Waals surface area contributed by atoms with E-state index in [2.05, 4.69) is 23.9 Å². The molecule has 0 aliphatic carbocycles. The summed E-state index contributed by atoms with van der Waals surface area (Å²) in [5.41, 5.74) is 0. The van der Waals surface area contributed by atoms with Crippen molar-refractivity contribution in [2.75, 3.05) is 19.3 Å². The Morgan fingerprint density at radius 1 is 1.27 bits per heavy atom. The third kappa shape index (κ3) is 8.84. The van der Waals surface area contributed by atoms with Gasteiger partial charge < -0.3 is 5.32 Å². The predicted octanol–water partition coefficient (Wildman–Crippen LogP) is 1.09. The van der Waals surface area contributed by atoms with Crippen molar-refractivity contribution in [2.24, 2.45) is 0 Å². The monoisotopic (exact) mass is 236 g/mol. The van der Waals surface area contributed by atoms with Gasteiger partial charge in [-0.25, -0.2) is 13.1 Å². The first-order chi connectivity index (χ1) is 7.02. The summed E-state index contributed by atoms with van der Waals surface area (Å²) in [6.45, 7) is 4.80. The highest BCUT2D eigenvalue weighted by molar-refractivity contribution is 7.89. The van der Waals surface area contributed by atoms with Crippen LogP contribution >= 0.6 is 0 Å². The lowest BCUT2D eigenvalue weighted by Gasteiger charge is -2.13. The lowest BCUT2D eigenvalue weighted by Crippen LogP contribution is -2.34. The van der Waals surface area contributed by atoms with Gasteiger partial charge in [0.2, 0.25) is 10.0 Å². The number of rotatable bonds is 9. The Bertz CT molecular complexity index is 240. The molecule has 92 valence electrons. The first kappa shape index (κ1) is 14.9. The van der Waals surface area contributed by atoms with E-state index in [4.69, 9.17) is 0 Å². The summed E-state index contributed by atoms with van der Waals surface area (Å²) in [5, 5.41) is 3.21. The maximum absolute atomic E-state index is 11.1. The van der Waals surface area contributed by atoms with Crippen LogP contribution in [-0.2, 0) is 10.0 Å². The van der Waals surface area contributed by atoms with Crippen molar-refractivity contribution in [3.8, 4) is 0 Å². The Labute approximate surface area is 93.9 Å². The van der Waals surface area contributed by atoms with E-state index in [0.29, 0.717) is 12.6 Å². The summed E-state index contributed by atoms with van der Waals surface area (Å²) < 4.78 is 24.5. The Kier molecular flexibility index (Phi) is 8.00. The normalized spacial score (nSPS) is 14.1. The second-order valence-corrected chi connectivity index (χ2v) is 5.92. The van der Waals surface area contributed by atoms with Gasteiger partial charge in [0.25, 0.3) is 0 Å². The zero-order valence-corrected chi connectivity index (χ0v) is 10.9. The highest BCUT2D eigenvalue weighted by atomic mass is 32.2. The lowest BCUT2D eigenvalue weighted by atomic mass is 10.1. The summed E-state index contributed by atoms with van der Waals surface area (Å²) in [6, 6.07) is 0.406. The van der Waals surface area contributed by atoms with Crippen molar-refractivity contribution >= 4 is 10.0 Å². The zero-order chi connectivity index (χ0) is 11.7. The fourth-order valence-corrected chi connectivity index (χ4v) is 1.94. The van der Waals surface area contributed by atoms with E-state index in [1.807, 2.05) is 0 Å². The van der Waals surface area contributed by atoms with Crippen molar-refractivity contribution in [3.63, 3.8) is 0 Å². The molecule has 0 bridgehead atoms. The van der Waals surface area contributed by atoms with Crippen molar-refractivity contribution in [2.45, 2.75) is 45.6 Å². The smallest absolute Gasteiger partial charge is 0.212 e. The van der Waals surface area contributed by atoms with Crippen LogP contribution in [0, 0.1) is 0 Å². The molecule has 0 spiro atoms. The van der Waals surface area contributed by atoms with E-state index in [0.717, 1.165) is 6.42 Å². The lowest BCUT2D eigenvalue weighted by molar-refractivity contribution is 0.497. The Morgan fingerprint density at radius 2 is 1.93 bits per heavy atom. The van der Waals surface area contributed by atoms with Crippen LogP contribution < -0.4 is 10.0 Å². The molecule has 15 heavy (non-hydrogen) atoms. The molecule has 0 aromatic carbocycles. The van der Waals surface area contributed by atoms with Crippen LogP contribution in [0.15, 0.2) is 0 Å². The molecule has 0 heterocycles. The minimum absolute atomic E-state index is 0.154. The molecule has 0 saturated carbocycles. The van der Waals surface area contributed by atoms with Gasteiger partial charge in [0.1, 0.15) is 0 Å². The summed E-state index contributed by atoms with van der Waals surface area (Å²) in [6.07, 6.45) is 4.80. The van der Waals surface area contributed by atoms with Gasteiger partial charge in [0.05, 0.1) is 5.75 Å². The van der Waals surface area contributed by atoms with Crippen LogP contribution in [0.1, 0.15) is 39.5 Å². The topological polar surface area (TPSA) is 58.2 Å². The predicted molar refractivity (Wildman–Crippen MR) is 64.5 cm³/mol. The van der Waals surface area contributed by atoms with Crippen molar-refractivity contribution in [3.05, 3.63) is 0 Å². The molecule has 1 atom stereocenters. The van der Waals surface area contributed by atoms with Gasteiger partial charge in [-0.1, -0.05) is 26.2 Å². The molecule has 0 radical (unpaired) electrons. The molecule has 0 aliphatic heterocycles. The van der Waals surface area contributed by atoms with Gasteiger partial charge in [-0.3, -0.25) is 0 Å². The van der Waals surface area contributed by atoms with Crippen LogP contribution in [0.4, 0.5) is 0 Å². The highest BCUT2D eigenvalue weighted by Gasteiger charge is 2.07. The minimum Gasteiger partial charge on any atom is -0.313 e. The Morgan fingerprint density at radius 3 is 2.47 bits per heavy atom. The van der Waals surface area contributed by atoms with Crippen molar-refractivity contribution in [1.82, 2.24) is 10.0 Å². The van der Waals surface area contributed by atoms with Crippen LogP contribution in [0.3, 0.4) is 0 Å². The molecule has 0 aromatic heterocycles. The molecule has 4 nitrogen and oxygen atoms in total. The third-order valence-electron chi connectivity index (χ3n) is 2.42. The maximum Gasteiger partial charge on any atom is 0.212 e. The molecule has 2 N–H and O–H groups in total. The first-order valence-electron chi connectivity index (χ1n) is 5.66. The molecule has 0 amide bonds. The molecule has 0 aliphatic rings. The second kappa shape index (κ2) is 8.07. The third-order valence-corrected chi connectivity index (χ3v) is 3.78. The van der Waals surface area contributed by atoms with E-state index in [-0.39, 0.29) is 5.75 Å². The van der Waals surface area contributed by atoms with E-state index in [1.54, 1.807) is 0 Å². The molecule has 1 unspecified atom stereocenters. The molecule has 0 saturated heterocycles. The van der Waals surface area contributed by atoms with Gasteiger partial charge in [-0.2, -0.15) is 0 Å². The summed E-state index contributed by atoms with van der Waals surface area (Å²) in [4.78, 5) is 0. The zero-order valence-electron chi connectivity index (χ0n) is 10.0. The SMILES string of the molecule is CCCCCC(C)NCCS(=O)(=O)NC. The molecule has 5 heteroatoms. The second-order valence-electron chi connectivity index (χ2n) is 3.87. The fourth-order valence-electron chi connectivity index (χ4n) is 1.34. The number of hydrogen-bond donors (Lipinski definition) is 2. The quantitative estimate of drug-likeness (QED) is 0.589. The number of sulfonamides is 1. The van der Waals surface area contributed by atoms with E-state index < -0.39 is 10.0 Å². The van der Waals surface area contributed by atoms with E-state index in [9.17, 15) is 8.42 Å². The van der Waals surface area contributed by atoms with Crippen LogP contribution in [0.25, 0.3) is 0 Å². The first-order valence-corrected chi connectivity index (χ1v) is 7.31. The van der Waals surface area contributed by atoms with Crippen molar-refractivity contribution < 1.29 is 8.42 Å². The molecule has 0 aromatic rings. The average molecular weight is 236 g/mol. The van der Waals surface area contributed by atoms with E-state index in [1.165, 1.54) is 26.3 Å². The largest absolute Gasteiger partial charge is 0.313 e. The Balaban J connectivity index is 3.50. The van der Waals surface area contributed by atoms with Crippen LogP contribution in [-0.4, -0.2) is 33.8 Å². The van der Waals surface area contributed by atoms with Crippen LogP contribution in [0.5, 0.6) is 0 Å². The maximum atomic E-state index is 11.1. The average Bonchev–Trinajstić information content (AvgIpc) is 2.18. The standard InChI is InChI=1S/C10H24N2O2S/c1-4-5-6-7-10(2)12-8-9-15(13,14)11-3/h10-12H,4-9H2,1-3H3. The van der Waals surface area contributed by atoms with Gasteiger partial charge in [0.15, 0.2) is 0 Å². The molecule has 0 rings (SSSR count). The number of unbranched alkanes of at least 4 members (excludes halogenated alkanes) is 2. The minimum atomic E-state index is -3.05. The van der Waals surface area contributed by atoms with Gasteiger partial charge in [0, 0.05) is 12.6 Å². The highest BCUT2D eigenvalue weighted by Crippen LogP contribution is 2.02. The van der Waals surface area contributed by atoms with Crippen LogP contribution in [0.2, 0.25) is 0 Å². The summed E-state index contributed by atoms with van der Waals surface area (Å²) in [5.74, 6) is 0.154. The summed E-state index contributed by atoms with van der Waals surface area (Å²) in [7, 11) is -1.61. The van der Waals surface area contributed by atoms with Crippen molar-refractivity contribution in [1.29, 1.82) is 0 Å². The van der Waals surface area contributed by atoms with Gasteiger partial charge in [-0.05, 0) is 20.4 Å². The summed E-state index contributed by atoms with van der Waals surface area (Å²) >= 11 is 0. The fraction of sp³-hybridized carbons (Fsp3) is 1.00. The number of nitrogens with one attached hydrogen (secondary N) is 2. The molecular formula is C10H24N2O2S. The number of hydrogen-bond acceptors (Lipinski definition) is 3.